The highest BCUT2D eigenvalue weighted by Gasteiger charge is 2.23. The summed E-state index contributed by atoms with van der Waals surface area (Å²) in [5.74, 6) is 0.993. The first-order valence-electron chi connectivity index (χ1n) is 7.19. The van der Waals surface area contributed by atoms with Crippen molar-refractivity contribution in [3.8, 4) is 0 Å². The normalized spacial score (nSPS) is 18.8. The van der Waals surface area contributed by atoms with Crippen molar-refractivity contribution in [3.05, 3.63) is 17.5 Å². The van der Waals surface area contributed by atoms with E-state index in [1.165, 1.54) is 0 Å². The maximum Gasteiger partial charge on any atom is 0.225 e. The highest BCUT2D eigenvalue weighted by Crippen LogP contribution is 2.15. The van der Waals surface area contributed by atoms with Crippen LogP contribution < -0.4 is 10.2 Å². The standard InChI is InChI=1S/C14H24N4O2S/c1-11-12(10-16-14(2,3)4)9-15-13(17-11)18-5-7-21(19,20)8-6-18/h9,16H,5-8,10H2,1-4H3. The molecule has 0 radical (unpaired) electrons. The van der Waals surface area contributed by atoms with Crippen LogP contribution in [0.2, 0.25) is 0 Å². The van der Waals surface area contributed by atoms with E-state index in [9.17, 15) is 8.42 Å². The van der Waals surface area contributed by atoms with Crippen LogP contribution in [0.1, 0.15) is 32.0 Å². The molecule has 0 amide bonds. The van der Waals surface area contributed by atoms with E-state index in [2.05, 4.69) is 36.1 Å². The van der Waals surface area contributed by atoms with Crippen LogP contribution in [-0.4, -0.2) is 48.5 Å². The lowest BCUT2D eigenvalue weighted by atomic mass is 10.1. The minimum absolute atomic E-state index is 0.0480. The number of anilines is 1. The van der Waals surface area contributed by atoms with Crippen molar-refractivity contribution in [1.29, 1.82) is 0 Å². The fourth-order valence-corrected chi connectivity index (χ4v) is 3.28. The Hall–Kier alpha value is -1.21. The second kappa shape index (κ2) is 5.88. The third-order valence-electron chi connectivity index (χ3n) is 3.50. The average molecular weight is 312 g/mol. The molecule has 2 heterocycles. The predicted octanol–water partition coefficient (Wildman–Crippen LogP) is 0.908. The highest BCUT2D eigenvalue weighted by atomic mass is 32.2. The van der Waals surface area contributed by atoms with Gasteiger partial charge in [-0.2, -0.15) is 0 Å². The first kappa shape index (κ1) is 16.2. The number of sulfone groups is 1. The number of aryl methyl sites for hydroxylation is 1. The van der Waals surface area contributed by atoms with Crippen LogP contribution in [0.25, 0.3) is 0 Å². The Labute approximate surface area is 126 Å². The molecule has 0 atom stereocenters. The smallest absolute Gasteiger partial charge is 0.225 e. The minimum atomic E-state index is -2.87. The van der Waals surface area contributed by atoms with Crippen LogP contribution >= 0.6 is 0 Å². The maximum absolute atomic E-state index is 11.5. The molecule has 0 aromatic carbocycles. The van der Waals surface area contributed by atoms with Gasteiger partial charge in [0.1, 0.15) is 0 Å². The molecule has 1 N–H and O–H groups in total. The first-order chi connectivity index (χ1) is 9.66. The molecule has 1 saturated heterocycles. The van der Waals surface area contributed by atoms with Crippen LogP contribution in [0.5, 0.6) is 0 Å². The van der Waals surface area contributed by atoms with Gasteiger partial charge in [-0.3, -0.25) is 0 Å². The van der Waals surface area contributed by atoms with Gasteiger partial charge in [0.15, 0.2) is 9.84 Å². The predicted molar refractivity (Wildman–Crippen MR) is 84.2 cm³/mol. The third kappa shape index (κ3) is 4.64. The summed E-state index contributed by atoms with van der Waals surface area (Å²) in [4.78, 5) is 10.9. The average Bonchev–Trinajstić information content (AvgIpc) is 2.36. The second-order valence-electron chi connectivity index (χ2n) is 6.52. The number of aromatic nitrogens is 2. The van der Waals surface area contributed by atoms with Gasteiger partial charge >= 0.3 is 0 Å². The molecule has 1 aromatic heterocycles. The lowest BCUT2D eigenvalue weighted by molar-refractivity contribution is 0.423. The Bertz CT molecular complexity index is 594. The lowest BCUT2D eigenvalue weighted by Crippen LogP contribution is -2.41. The van der Waals surface area contributed by atoms with Gasteiger partial charge in [-0.1, -0.05) is 0 Å². The van der Waals surface area contributed by atoms with E-state index in [4.69, 9.17) is 0 Å². The van der Waals surface area contributed by atoms with E-state index >= 15 is 0 Å². The van der Waals surface area contributed by atoms with Crippen molar-refractivity contribution < 1.29 is 8.42 Å². The summed E-state index contributed by atoms with van der Waals surface area (Å²) in [7, 11) is -2.87. The van der Waals surface area contributed by atoms with Crippen LogP contribution in [0.4, 0.5) is 5.95 Å². The van der Waals surface area contributed by atoms with Crippen molar-refractivity contribution in [2.75, 3.05) is 29.5 Å². The van der Waals surface area contributed by atoms with Gasteiger partial charge in [0, 0.05) is 42.6 Å². The molecule has 1 aliphatic rings. The molecule has 0 aliphatic carbocycles. The van der Waals surface area contributed by atoms with Crippen LogP contribution in [-0.2, 0) is 16.4 Å². The van der Waals surface area contributed by atoms with Gasteiger partial charge in [-0.25, -0.2) is 18.4 Å². The number of hydrogen-bond acceptors (Lipinski definition) is 6. The molecular formula is C14H24N4O2S. The van der Waals surface area contributed by atoms with E-state index in [0.717, 1.165) is 17.8 Å². The van der Waals surface area contributed by atoms with E-state index in [-0.39, 0.29) is 17.0 Å². The quantitative estimate of drug-likeness (QED) is 0.894. The lowest BCUT2D eigenvalue weighted by Gasteiger charge is -2.27. The van der Waals surface area contributed by atoms with Crippen LogP contribution in [0, 0.1) is 6.92 Å². The second-order valence-corrected chi connectivity index (χ2v) is 8.83. The number of rotatable bonds is 3. The Morgan fingerprint density at radius 1 is 1.29 bits per heavy atom. The van der Waals surface area contributed by atoms with Crippen molar-refractivity contribution >= 4 is 15.8 Å². The molecule has 2 rings (SSSR count). The molecule has 0 saturated carbocycles. The van der Waals surface area contributed by atoms with E-state index in [0.29, 0.717) is 19.0 Å². The van der Waals surface area contributed by atoms with Gasteiger partial charge in [0.25, 0.3) is 0 Å². The van der Waals surface area contributed by atoms with Crippen molar-refractivity contribution in [1.82, 2.24) is 15.3 Å². The fraction of sp³-hybridized carbons (Fsp3) is 0.714. The molecule has 21 heavy (non-hydrogen) atoms. The molecule has 0 spiro atoms. The van der Waals surface area contributed by atoms with Gasteiger partial charge in [-0.05, 0) is 27.7 Å². The van der Waals surface area contributed by atoms with Gasteiger partial charge < -0.3 is 10.2 Å². The first-order valence-corrected chi connectivity index (χ1v) is 9.01. The maximum atomic E-state index is 11.5. The summed E-state index contributed by atoms with van der Waals surface area (Å²) in [6, 6.07) is 0. The van der Waals surface area contributed by atoms with Crippen molar-refractivity contribution in [3.63, 3.8) is 0 Å². The van der Waals surface area contributed by atoms with E-state index in [1.807, 2.05) is 18.0 Å². The molecular weight excluding hydrogens is 288 g/mol. The minimum Gasteiger partial charge on any atom is -0.339 e. The summed E-state index contributed by atoms with van der Waals surface area (Å²) in [6.07, 6.45) is 1.83. The summed E-state index contributed by atoms with van der Waals surface area (Å²) in [5.41, 5.74) is 2.05. The molecule has 1 fully saturated rings. The zero-order chi connectivity index (χ0) is 15.7. The van der Waals surface area contributed by atoms with Gasteiger partial charge in [0.2, 0.25) is 5.95 Å². The molecule has 1 aliphatic heterocycles. The van der Waals surface area contributed by atoms with E-state index in [1.54, 1.807) is 0 Å². The Morgan fingerprint density at radius 3 is 2.43 bits per heavy atom. The summed E-state index contributed by atoms with van der Waals surface area (Å²) in [6.45, 7) is 9.99. The Kier molecular flexibility index (Phi) is 4.53. The Morgan fingerprint density at radius 2 is 1.90 bits per heavy atom. The Balaban J connectivity index is 2.05. The molecule has 0 unspecified atom stereocenters. The van der Waals surface area contributed by atoms with Crippen molar-refractivity contribution in [2.24, 2.45) is 0 Å². The van der Waals surface area contributed by atoms with Crippen LogP contribution in [0.15, 0.2) is 6.20 Å². The zero-order valence-corrected chi connectivity index (χ0v) is 14.0. The fourth-order valence-electron chi connectivity index (χ4n) is 2.08. The SMILES string of the molecule is Cc1nc(N2CCS(=O)(=O)CC2)ncc1CNC(C)(C)C. The number of nitrogens with one attached hydrogen (secondary N) is 1. The zero-order valence-electron chi connectivity index (χ0n) is 13.2. The van der Waals surface area contributed by atoms with Gasteiger partial charge in [-0.15, -0.1) is 0 Å². The number of nitrogens with zero attached hydrogens (tertiary/aromatic N) is 3. The summed E-state index contributed by atoms with van der Waals surface area (Å²) >= 11 is 0. The molecule has 7 heteroatoms. The monoisotopic (exact) mass is 312 g/mol. The van der Waals surface area contributed by atoms with Crippen molar-refractivity contribution in [2.45, 2.75) is 39.8 Å². The molecule has 118 valence electrons. The largest absolute Gasteiger partial charge is 0.339 e. The summed E-state index contributed by atoms with van der Waals surface area (Å²) in [5, 5.41) is 3.42. The number of hydrogen-bond donors (Lipinski definition) is 1. The summed E-state index contributed by atoms with van der Waals surface area (Å²) < 4.78 is 22.9. The van der Waals surface area contributed by atoms with E-state index < -0.39 is 9.84 Å². The molecule has 1 aromatic rings. The third-order valence-corrected chi connectivity index (χ3v) is 5.11. The van der Waals surface area contributed by atoms with Crippen LogP contribution in [0.3, 0.4) is 0 Å². The van der Waals surface area contributed by atoms with Gasteiger partial charge in [0.05, 0.1) is 11.5 Å². The molecule has 0 bridgehead atoms. The molecule has 6 nitrogen and oxygen atoms in total. The highest BCUT2D eigenvalue weighted by molar-refractivity contribution is 7.91. The topological polar surface area (TPSA) is 75.2 Å².